The normalized spacial score (nSPS) is 12.2. The summed E-state index contributed by atoms with van der Waals surface area (Å²) in [6.45, 7) is 6.96. The lowest BCUT2D eigenvalue weighted by Gasteiger charge is -2.12. The van der Waals surface area contributed by atoms with Crippen LogP contribution in [0.1, 0.15) is 19.4 Å². The zero-order valence-electron chi connectivity index (χ0n) is 12.4. The lowest BCUT2D eigenvalue weighted by Crippen LogP contribution is -2.33. The van der Waals surface area contributed by atoms with Crippen molar-refractivity contribution in [3.63, 3.8) is 0 Å². The average Bonchev–Trinajstić information content (AvgIpc) is 2.46. The number of ether oxygens (including phenoxy) is 1. The van der Waals surface area contributed by atoms with Crippen molar-refractivity contribution in [1.82, 2.24) is 10.6 Å². The van der Waals surface area contributed by atoms with Crippen molar-refractivity contribution in [3.05, 3.63) is 29.8 Å². The summed E-state index contributed by atoms with van der Waals surface area (Å²) in [6.07, 6.45) is 0. The first kappa shape index (κ1) is 17.0. The lowest BCUT2D eigenvalue weighted by molar-refractivity contribution is -0.120. The van der Waals surface area contributed by atoms with Gasteiger partial charge in [-0.3, -0.25) is 4.79 Å². The molecule has 0 aromatic heterocycles. The fourth-order valence-corrected chi connectivity index (χ4v) is 2.52. The summed E-state index contributed by atoms with van der Waals surface area (Å²) in [6, 6.07) is 8.33. The van der Waals surface area contributed by atoms with Gasteiger partial charge in [0.05, 0.1) is 11.9 Å². The van der Waals surface area contributed by atoms with E-state index in [1.54, 1.807) is 18.9 Å². The quantitative estimate of drug-likeness (QED) is 0.541. The molecule has 0 aliphatic carbocycles. The summed E-state index contributed by atoms with van der Waals surface area (Å²) in [4.78, 5) is 12.9. The average molecular weight is 296 g/mol. The van der Waals surface area contributed by atoms with E-state index >= 15 is 0 Å². The highest BCUT2D eigenvalue weighted by Gasteiger charge is 2.13. The molecule has 112 valence electrons. The highest BCUT2D eigenvalue weighted by atomic mass is 32.2. The van der Waals surface area contributed by atoms with Gasteiger partial charge in [-0.25, -0.2) is 0 Å². The molecule has 0 saturated carbocycles. The number of rotatable bonds is 9. The van der Waals surface area contributed by atoms with Crippen molar-refractivity contribution in [1.29, 1.82) is 0 Å². The summed E-state index contributed by atoms with van der Waals surface area (Å²) >= 11 is 1.57. The van der Waals surface area contributed by atoms with Crippen molar-refractivity contribution in [2.75, 3.05) is 26.8 Å². The molecule has 1 aromatic rings. The molecule has 1 unspecified atom stereocenters. The van der Waals surface area contributed by atoms with Crippen LogP contribution in [-0.4, -0.2) is 38.0 Å². The Morgan fingerprint density at radius 1 is 1.35 bits per heavy atom. The molecule has 0 aliphatic heterocycles. The second-order valence-electron chi connectivity index (χ2n) is 4.47. The van der Waals surface area contributed by atoms with Gasteiger partial charge in [-0.15, -0.1) is 11.8 Å². The Morgan fingerprint density at radius 2 is 2.05 bits per heavy atom. The molecule has 1 amide bonds. The Bertz CT molecular complexity index is 395. The summed E-state index contributed by atoms with van der Waals surface area (Å²) < 4.78 is 4.91. The molecule has 2 N–H and O–H groups in total. The van der Waals surface area contributed by atoms with Gasteiger partial charge in [-0.1, -0.05) is 19.1 Å². The maximum absolute atomic E-state index is 11.8. The van der Waals surface area contributed by atoms with Gasteiger partial charge >= 0.3 is 0 Å². The Morgan fingerprint density at radius 3 is 2.65 bits per heavy atom. The molecule has 1 atom stereocenters. The summed E-state index contributed by atoms with van der Waals surface area (Å²) in [5.41, 5.74) is 1.26. The van der Waals surface area contributed by atoms with E-state index in [1.807, 2.05) is 6.92 Å². The van der Waals surface area contributed by atoms with Crippen molar-refractivity contribution in [2.24, 2.45) is 0 Å². The van der Waals surface area contributed by atoms with Gasteiger partial charge in [0.1, 0.15) is 0 Å². The smallest absolute Gasteiger partial charge is 0.233 e. The van der Waals surface area contributed by atoms with Gasteiger partial charge in [-0.05, 0) is 31.2 Å². The molecular formula is C15H24N2O2S. The van der Waals surface area contributed by atoms with Crippen LogP contribution in [0.4, 0.5) is 0 Å². The fraction of sp³-hybridized carbons (Fsp3) is 0.533. The predicted molar refractivity (Wildman–Crippen MR) is 84.0 cm³/mol. The van der Waals surface area contributed by atoms with Crippen LogP contribution in [0.25, 0.3) is 0 Å². The summed E-state index contributed by atoms with van der Waals surface area (Å²) in [7, 11) is 1.62. The van der Waals surface area contributed by atoms with E-state index in [0.29, 0.717) is 13.2 Å². The number of carbonyl (C=O) groups excluding carboxylic acids is 1. The lowest BCUT2D eigenvalue weighted by atomic mass is 10.2. The van der Waals surface area contributed by atoms with E-state index < -0.39 is 0 Å². The highest BCUT2D eigenvalue weighted by Crippen LogP contribution is 2.23. The third kappa shape index (κ3) is 6.41. The molecule has 5 heteroatoms. The van der Waals surface area contributed by atoms with E-state index in [1.165, 1.54) is 5.56 Å². The van der Waals surface area contributed by atoms with Crippen molar-refractivity contribution in [2.45, 2.75) is 30.5 Å². The molecule has 0 spiro atoms. The molecule has 1 rings (SSSR count). The van der Waals surface area contributed by atoms with Crippen LogP contribution in [0.15, 0.2) is 29.2 Å². The van der Waals surface area contributed by atoms with Gasteiger partial charge in [0, 0.05) is 25.1 Å². The number of thioether (sulfide) groups is 1. The molecule has 0 heterocycles. The van der Waals surface area contributed by atoms with E-state index in [-0.39, 0.29) is 11.2 Å². The minimum absolute atomic E-state index is 0.0452. The van der Waals surface area contributed by atoms with Crippen LogP contribution in [0.3, 0.4) is 0 Å². The van der Waals surface area contributed by atoms with Gasteiger partial charge in [0.25, 0.3) is 0 Å². The number of nitrogens with one attached hydrogen (secondary N) is 2. The van der Waals surface area contributed by atoms with Crippen molar-refractivity contribution < 1.29 is 9.53 Å². The third-order valence-corrected chi connectivity index (χ3v) is 3.90. The standard InChI is InChI=1S/C15H24N2O2S/c1-4-16-11-13-5-7-14(8-6-13)20-12(2)15(18)17-9-10-19-3/h5-8,12,16H,4,9-11H2,1-3H3,(H,17,18). The number of methoxy groups -OCH3 is 1. The SMILES string of the molecule is CCNCc1ccc(SC(C)C(=O)NCCOC)cc1. The van der Waals surface area contributed by atoms with Gasteiger partial charge in [0.15, 0.2) is 0 Å². The van der Waals surface area contributed by atoms with E-state index in [0.717, 1.165) is 18.0 Å². The minimum Gasteiger partial charge on any atom is -0.383 e. The number of benzene rings is 1. The first-order valence-corrected chi connectivity index (χ1v) is 7.78. The van der Waals surface area contributed by atoms with E-state index in [4.69, 9.17) is 4.74 Å². The van der Waals surface area contributed by atoms with Crippen LogP contribution in [0.2, 0.25) is 0 Å². The van der Waals surface area contributed by atoms with Crippen molar-refractivity contribution >= 4 is 17.7 Å². The van der Waals surface area contributed by atoms with Crippen LogP contribution in [-0.2, 0) is 16.1 Å². The molecule has 0 radical (unpaired) electrons. The highest BCUT2D eigenvalue weighted by molar-refractivity contribution is 8.00. The summed E-state index contributed by atoms with van der Waals surface area (Å²) in [5.74, 6) is 0.0452. The second kappa shape index (κ2) is 9.80. The number of hydrogen-bond acceptors (Lipinski definition) is 4. The molecule has 0 bridgehead atoms. The van der Waals surface area contributed by atoms with E-state index in [2.05, 4.69) is 41.8 Å². The first-order chi connectivity index (χ1) is 9.67. The molecule has 0 aliphatic rings. The zero-order valence-corrected chi connectivity index (χ0v) is 13.3. The first-order valence-electron chi connectivity index (χ1n) is 6.90. The summed E-state index contributed by atoms with van der Waals surface area (Å²) in [5, 5.41) is 6.03. The number of hydrogen-bond donors (Lipinski definition) is 2. The zero-order chi connectivity index (χ0) is 14.8. The topological polar surface area (TPSA) is 50.4 Å². The van der Waals surface area contributed by atoms with E-state index in [9.17, 15) is 4.79 Å². The number of amides is 1. The Kier molecular flexibility index (Phi) is 8.34. The maximum Gasteiger partial charge on any atom is 0.233 e. The van der Waals surface area contributed by atoms with Gasteiger partial charge in [-0.2, -0.15) is 0 Å². The van der Waals surface area contributed by atoms with Crippen LogP contribution >= 0.6 is 11.8 Å². The number of carbonyl (C=O) groups is 1. The van der Waals surface area contributed by atoms with Crippen LogP contribution in [0, 0.1) is 0 Å². The molecule has 4 nitrogen and oxygen atoms in total. The Hall–Kier alpha value is -1.04. The molecule has 0 fully saturated rings. The maximum atomic E-state index is 11.8. The molecule has 1 aromatic carbocycles. The molecule has 0 saturated heterocycles. The van der Waals surface area contributed by atoms with Crippen LogP contribution < -0.4 is 10.6 Å². The Labute approximate surface area is 125 Å². The van der Waals surface area contributed by atoms with Crippen LogP contribution in [0.5, 0.6) is 0 Å². The molecule has 20 heavy (non-hydrogen) atoms. The monoisotopic (exact) mass is 296 g/mol. The second-order valence-corrected chi connectivity index (χ2v) is 5.88. The fourth-order valence-electron chi connectivity index (χ4n) is 1.63. The third-order valence-electron chi connectivity index (χ3n) is 2.79. The minimum atomic E-state index is -0.105. The Balaban J connectivity index is 2.40. The predicted octanol–water partition coefficient (Wildman–Crippen LogP) is 2.04. The van der Waals surface area contributed by atoms with Crippen molar-refractivity contribution in [3.8, 4) is 0 Å². The molecular weight excluding hydrogens is 272 g/mol. The van der Waals surface area contributed by atoms with Gasteiger partial charge in [0.2, 0.25) is 5.91 Å². The largest absolute Gasteiger partial charge is 0.383 e. The van der Waals surface area contributed by atoms with Gasteiger partial charge < -0.3 is 15.4 Å².